The van der Waals surface area contributed by atoms with Gasteiger partial charge in [-0.05, 0) is 26.2 Å². The molecule has 0 bridgehead atoms. The van der Waals surface area contributed by atoms with Crippen LogP contribution in [0.25, 0.3) is 0 Å². The molecule has 3 heteroatoms. The van der Waals surface area contributed by atoms with Gasteiger partial charge in [0, 0.05) is 5.54 Å². The largest absolute Gasteiger partial charge is 0.350 e. The normalized spacial score (nSPS) is 13.9. The number of rotatable bonds is 5. The van der Waals surface area contributed by atoms with Crippen LogP contribution in [-0.4, -0.2) is 16.3 Å². The minimum absolute atomic E-state index is 0.000880. The third-order valence-electron chi connectivity index (χ3n) is 2.78. The average Bonchev–Trinajstić information content (AvgIpc) is 2.14. The van der Waals surface area contributed by atoms with E-state index in [9.17, 15) is 4.79 Å². The van der Waals surface area contributed by atoms with Gasteiger partial charge in [0.05, 0.1) is 4.83 Å². The van der Waals surface area contributed by atoms with Crippen LogP contribution in [0.2, 0.25) is 0 Å². The Kier molecular flexibility index (Phi) is 5.61. The molecule has 0 heterocycles. The predicted octanol–water partition coefficient (Wildman–Crippen LogP) is 2.85. The molecule has 0 aliphatic heterocycles. The number of carbonyl (C=O) groups is 1. The molecule has 78 valence electrons. The predicted molar refractivity (Wildman–Crippen MR) is 60.1 cm³/mol. The number of halogens is 1. The third kappa shape index (κ3) is 3.67. The van der Waals surface area contributed by atoms with E-state index in [1.54, 1.807) is 0 Å². The minimum Gasteiger partial charge on any atom is -0.350 e. The lowest BCUT2D eigenvalue weighted by atomic mass is 9.90. The summed E-state index contributed by atoms with van der Waals surface area (Å²) in [5, 5.41) is 3.09. The van der Waals surface area contributed by atoms with Gasteiger partial charge in [-0.15, -0.1) is 0 Å². The summed E-state index contributed by atoms with van der Waals surface area (Å²) in [6.07, 6.45) is 2.97. The molecule has 1 amide bonds. The van der Waals surface area contributed by atoms with Crippen LogP contribution >= 0.6 is 15.9 Å². The Balaban J connectivity index is 4.33. The lowest BCUT2D eigenvalue weighted by molar-refractivity contribution is -0.122. The third-order valence-corrected chi connectivity index (χ3v) is 3.20. The van der Waals surface area contributed by atoms with Crippen molar-refractivity contribution < 1.29 is 4.79 Å². The van der Waals surface area contributed by atoms with E-state index in [1.165, 1.54) is 0 Å². The van der Waals surface area contributed by atoms with E-state index in [2.05, 4.69) is 42.0 Å². The fourth-order valence-corrected chi connectivity index (χ4v) is 1.49. The van der Waals surface area contributed by atoms with Crippen LogP contribution in [0.5, 0.6) is 0 Å². The monoisotopic (exact) mass is 249 g/mol. The lowest BCUT2D eigenvalue weighted by Crippen LogP contribution is -2.49. The molecule has 2 nitrogen and oxygen atoms in total. The molecule has 0 saturated carbocycles. The highest BCUT2D eigenvalue weighted by molar-refractivity contribution is 9.10. The molecule has 0 aromatic rings. The standard InChI is InChI=1S/C10H20BrNO/c1-5-10(6-2,7-3)12-9(13)8(4)11/h8H,5-7H2,1-4H3,(H,12,13). The fourth-order valence-electron chi connectivity index (χ4n) is 1.38. The smallest absolute Gasteiger partial charge is 0.233 e. The molecule has 0 saturated heterocycles. The van der Waals surface area contributed by atoms with Crippen molar-refractivity contribution in [3.05, 3.63) is 0 Å². The first-order chi connectivity index (χ1) is 6.01. The van der Waals surface area contributed by atoms with Gasteiger partial charge in [-0.3, -0.25) is 4.79 Å². The van der Waals surface area contributed by atoms with Crippen LogP contribution < -0.4 is 5.32 Å². The zero-order valence-corrected chi connectivity index (χ0v) is 10.6. The lowest BCUT2D eigenvalue weighted by Gasteiger charge is -2.32. The van der Waals surface area contributed by atoms with Crippen molar-refractivity contribution in [3.8, 4) is 0 Å². The number of nitrogens with one attached hydrogen (secondary N) is 1. The number of hydrogen-bond acceptors (Lipinski definition) is 1. The number of alkyl halides is 1. The summed E-state index contributed by atoms with van der Waals surface area (Å²) in [5.74, 6) is 0.0885. The highest BCUT2D eigenvalue weighted by Crippen LogP contribution is 2.19. The highest BCUT2D eigenvalue weighted by Gasteiger charge is 2.26. The molecule has 1 N–H and O–H groups in total. The van der Waals surface area contributed by atoms with Crippen molar-refractivity contribution in [1.82, 2.24) is 5.32 Å². The van der Waals surface area contributed by atoms with Gasteiger partial charge in [-0.25, -0.2) is 0 Å². The molecule has 0 aliphatic rings. The summed E-state index contributed by atoms with van der Waals surface area (Å²) in [6, 6.07) is 0. The Morgan fingerprint density at radius 2 is 1.69 bits per heavy atom. The Labute approximate surface area is 89.6 Å². The minimum atomic E-state index is -0.100. The van der Waals surface area contributed by atoms with Gasteiger partial charge < -0.3 is 5.32 Å². The molecule has 0 aromatic heterocycles. The summed E-state index contributed by atoms with van der Waals surface area (Å²) < 4.78 is 0. The summed E-state index contributed by atoms with van der Waals surface area (Å²) in [4.78, 5) is 11.4. The molecule has 13 heavy (non-hydrogen) atoms. The van der Waals surface area contributed by atoms with Gasteiger partial charge in [-0.1, -0.05) is 36.7 Å². The Bertz CT molecular complexity index is 156. The van der Waals surface area contributed by atoms with E-state index >= 15 is 0 Å². The van der Waals surface area contributed by atoms with Gasteiger partial charge in [0.1, 0.15) is 0 Å². The van der Waals surface area contributed by atoms with E-state index < -0.39 is 0 Å². The van der Waals surface area contributed by atoms with Crippen LogP contribution in [0, 0.1) is 0 Å². The van der Waals surface area contributed by atoms with Crippen LogP contribution in [0.1, 0.15) is 47.0 Å². The first-order valence-corrected chi connectivity index (χ1v) is 5.89. The van der Waals surface area contributed by atoms with Crippen molar-refractivity contribution in [1.29, 1.82) is 0 Å². The van der Waals surface area contributed by atoms with Gasteiger partial charge in [0.2, 0.25) is 5.91 Å². The topological polar surface area (TPSA) is 29.1 Å². The second kappa shape index (κ2) is 5.63. The average molecular weight is 250 g/mol. The molecule has 1 atom stereocenters. The van der Waals surface area contributed by atoms with Crippen LogP contribution in [-0.2, 0) is 4.79 Å². The molecule has 1 unspecified atom stereocenters. The molecule has 0 radical (unpaired) electrons. The molecular formula is C10H20BrNO. The number of hydrogen-bond donors (Lipinski definition) is 1. The maximum atomic E-state index is 11.5. The second-order valence-electron chi connectivity index (χ2n) is 3.45. The van der Waals surface area contributed by atoms with Crippen molar-refractivity contribution in [2.75, 3.05) is 0 Å². The van der Waals surface area contributed by atoms with E-state index in [0.717, 1.165) is 19.3 Å². The molecule has 0 fully saturated rings. The van der Waals surface area contributed by atoms with Crippen LogP contribution in [0.4, 0.5) is 0 Å². The van der Waals surface area contributed by atoms with Gasteiger partial charge >= 0.3 is 0 Å². The van der Waals surface area contributed by atoms with E-state index in [0.29, 0.717) is 0 Å². The van der Waals surface area contributed by atoms with Crippen molar-refractivity contribution in [2.24, 2.45) is 0 Å². The van der Waals surface area contributed by atoms with Crippen molar-refractivity contribution in [2.45, 2.75) is 57.3 Å². The quantitative estimate of drug-likeness (QED) is 0.747. The SMILES string of the molecule is CCC(CC)(CC)NC(=O)C(C)Br. The first-order valence-electron chi connectivity index (χ1n) is 4.97. The zero-order valence-electron chi connectivity index (χ0n) is 8.98. The zero-order chi connectivity index (χ0) is 10.5. The maximum absolute atomic E-state index is 11.5. The van der Waals surface area contributed by atoms with Gasteiger partial charge in [0.15, 0.2) is 0 Å². The van der Waals surface area contributed by atoms with Gasteiger partial charge in [-0.2, -0.15) is 0 Å². The summed E-state index contributed by atoms with van der Waals surface area (Å²) in [6.45, 7) is 8.20. The Hall–Kier alpha value is -0.0500. The van der Waals surface area contributed by atoms with Crippen LogP contribution in [0.15, 0.2) is 0 Å². The molecule has 0 aromatic carbocycles. The fraction of sp³-hybridized carbons (Fsp3) is 0.900. The molecule has 0 aliphatic carbocycles. The van der Waals surface area contributed by atoms with E-state index in [1.807, 2.05) is 6.92 Å². The highest BCUT2D eigenvalue weighted by atomic mass is 79.9. The summed E-state index contributed by atoms with van der Waals surface area (Å²) in [7, 11) is 0. The Morgan fingerprint density at radius 3 is 1.92 bits per heavy atom. The van der Waals surface area contributed by atoms with Crippen LogP contribution in [0.3, 0.4) is 0 Å². The molecular weight excluding hydrogens is 230 g/mol. The van der Waals surface area contributed by atoms with E-state index in [4.69, 9.17) is 0 Å². The summed E-state index contributed by atoms with van der Waals surface area (Å²) in [5.41, 5.74) is -0.000880. The Morgan fingerprint density at radius 1 is 1.31 bits per heavy atom. The van der Waals surface area contributed by atoms with Crippen molar-refractivity contribution in [3.63, 3.8) is 0 Å². The van der Waals surface area contributed by atoms with E-state index in [-0.39, 0.29) is 16.3 Å². The number of amides is 1. The number of carbonyl (C=O) groups excluding carboxylic acids is 1. The first kappa shape index (κ1) is 12.9. The van der Waals surface area contributed by atoms with Crippen molar-refractivity contribution >= 4 is 21.8 Å². The van der Waals surface area contributed by atoms with Gasteiger partial charge in [0.25, 0.3) is 0 Å². The summed E-state index contributed by atoms with van der Waals surface area (Å²) >= 11 is 3.27. The maximum Gasteiger partial charge on any atom is 0.233 e. The molecule has 0 rings (SSSR count). The second-order valence-corrected chi connectivity index (χ2v) is 4.82. The molecule has 0 spiro atoms.